The molecule has 0 heterocycles. The second-order valence-electron chi connectivity index (χ2n) is 5.95. The molecule has 3 rings (SSSR count). The number of alkyl halides is 5. The van der Waals surface area contributed by atoms with Crippen LogP contribution in [0.2, 0.25) is 0 Å². The van der Waals surface area contributed by atoms with E-state index in [2.05, 4.69) is 0 Å². The molecule has 8 heteroatoms. The fraction of sp³-hybridized carbons (Fsp3) is 0.600. The normalized spacial score (nSPS) is 23.5. The number of ether oxygens (including phenoxy) is 1. The zero-order chi connectivity index (χ0) is 16.8. The Bertz CT molecular complexity index is 598. The Labute approximate surface area is 134 Å². The zero-order valence-corrected chi connectivity index (χ0v) is 12.8. The van der Waals surface area contributed by atoms with Crippen molar-refractivity contribution >= 4 is 11.8 Å². The number of halogens is 5. The number of fused-ring (bicyclic) bond motifs is 1. The molecule has 2 aliphatic carbocycles. The number of thioether (sulfide) groups is 1. The van der Waals surface area contributed by atoms with Gasteiger partial charge in [0.05, 0.1) is 6.61 Å². The molecule has 0 bridgehead atoms. The van der Waals surface area contributed by atoms with E-state index in [1.54, 1.807) is 0 Å². The van der Waals surface area contributed by atoms with E-state index in [4.69, 9.17) is 4.74 Å². The molecular weight excluding hydrogens is 339 g/mol. The van der Waals surface area contributed by atoms with Gasteiger partial charge in [-0.15, -0.1) is 0 Å². The molecule has 1 unspecified atom stereocenters. The molecule has 1 N–H and O–H groups in total. The minimum absolute atomic E-state index is 0.0175. The number of rotatable bonds is 4. The van der Waals surface area contributed by atoms with Gasteiger partial charge in [0.2, 0.25) is 0 Å². The molecule has 2 aliphatic rings. The molecule has 1 aromatic carbocycles. The van der Waals surface area contributed by atoms with Gasteiger partial charge in [-0.1, -0.05) is 6.42 Å². The van der Waals surface area contributed by atoms with Gasteiger partial charge in [-0.3, -0.25) is 0 Å². The Morgan fingerprint density at radius 1 is 1.26 bits per heavy atom. The van der Waals surface area contributed by atoms with E-state index in [0.29, 0.717) is 12.5 Å². The molecule has 1 aromatic rings. The van der Waals surface area contributed by atoms with Gasteiger partial charge in [0, 0.05) is 22.4 Å². The molecular formula is C15H15F5O2S. The van der Waals surface area contributed by atoms with Crippen LogP contribution in [0, 0.1) is 5.92 Å². The zero-order valence-electron chi connectivity index (χ0n) is 12.0. The topological polar surface area (TPSA) is 29.5 Å². The summed E-state index contributed by atoms with van der Waals surface area (Å²) < 4.78 is 71.0. The average molecular weight is 354 g/mol. The van der Waals surface area contributed by atoms with Gasteiger partial charge in [0.1, 0.15) is 11.9 Å². The summed E-state index contributed by atoms with van der Waals surface area (Å²) in [5.74, 6) is -2.98. The van der Waals surface area contributed by atoms with Crippen molar-refractivity contribution in [2.75, 3.05) is 6.61 Å². The van der Waals surface area contributed by atoms with Gasteiger partial charge in [0.15, 0.2) is 0 Å². The lowest BCUT2D eigenvalue weighted by molar-refractivity contribution is -0.0977. The minimum Gasteiger partial charge on any atom is -0.493 e. The quantitative estimate of drug-likeness (QED) is 0.628. The van der Waals surface area contributed by atoms with Gasteiger partial charge in [-0.05, 0) is 42.7 Å². The summed E-state index contributed by atoms with van der Waals surface area (Å²) >= 11 is -0.490. The van der Waals surface area contributed by atoms with Crippen LogP contribution in [-0.2, 0) is 6.42 Å². The van der Waals surface area contributed by atoms with Crippen LogP contribution in [0.15, 0.2) is 17.0 Å². The van der Waals surface area contributed by atoms with Crippen LogP contribution in [0.3, 0.4) is 0 Å². The molecule has 0 saturated heterocycles. The van der Waals surface area contributed by atoms with E-state index >= 15 is 0 Å². The van der Waals surface area contributed by atoms with Gasteiger partial charge < -0.3 is 9.84 Å². The predicted octanol–water partition coefficient (Wildman–Crippen LogP) is 4.70. The Morgan fingerprint density at radius 2 is 1.96 bits per heavy atom. The molecule has 128 valence electrons. The highest BCUT2D eigenvalue weighted by atomic mass is 32.2. The third-order valence-electron chi connectivity index (χ3n) is 4.29. The summed E-state index contributed by atoms with van der Waals surface area (Å²) in [4.78, 5) is -0.395. The third-order valence-corrected chi connectivity index (χ3v) is 5.09. The second kappa shape index (κ2) is 5.81. The first-order valence-corrected chi connectivity index (χ1v) is 8.09. The van der Waals surface area contributed by atoms with Gasteiger partial charge >= 0.3 is 5.51 Å². The van der Waals surface area contributed by atoms with E-state index in [1.807, 2.05) is 0 Å². The Kier molecular flexibility index (Phi) is 4.25. The number of hydrogen-bond acceptors (Lipinski definition) is 3. The van der Waals surface area contributed by atoms with Crippen LogP contribution in [0.1, 0.15) is 36.5 Å². The lowest BCUT2D eigenvalue weighted by Crippen LogP contribution is -2.22. The van der Waals surface area contributed by atoms with Crippen molar-refractivity contribution in [3.63, 3.8) is 0 Å². The maximum Gasteiger partial charge on any atom is 0.446 e. The monoisotopic (exact) mass is 354 g/mol. The summed E-state index contributed by atoms with van der Waals surface area (Å²) in [6.07, 6.45) is 0.0563. The van der Waals surface area contributed by atoms with Crippen LogP contribution in [0.25, 0.3) is 0 Å². The lowest BCUT2D eigenvalue weighted by atomic mass is 9.86. The first kappa shape index (κ1) is 16.8. The highest BCUT2D eigenvalue weighted by molar-refractivity contribution is 8.00. The maximum atomic E-state index is 13.8. The van der Waals surface area contributed by atoms with Crippen molar-refractivity contribution in [3.8, 4) is 5.75 Å². The second-order valence-corrected chi connectivity index (χ2v) is 7.06. The van der Waals surface area contributed by atoms with E-state index in [-0.39, 0.29) is 16.9 Å². The smallest absolute Gasteiger partial charge is 0.446 e. The van der Waals surface area contributed by atoms with E-state index < -0.39 is 40.6 Å². The molecule has 0 spiro atoms. The molecule has 1 atom stereocenters. The number of aliphatic hydroxyl groups is 1. The van der Waals surface area contributed by atoms with Crippen molar-refractivity contribution in [3.05, 3.63) is 23.3 Å². The molecule has 0 aromatic heterocycles. The van der Waals surface area contributed by atoms with Crippen LogP contribution in [-0.4, -0.2) is 23.1 Å². The average Bonchev–Trinajstić information content (AvgIpc) is 2.60. The summed E-state index contributed by atoms with van der Waals surface area (Å²) in [5.41, 5.74) is -4.99. The van der Waals surface area contributed by atoms with Crippen LogP contribution >= 0.6 is 11.8 Å². The highest BCUT2D eigenvalue weighted by Crippen LogP contribution is 2.52. The summed E-state index contributed by atoms with van der Waals surface area (Å²) in [7, 11) is 0. The van der Waals surface area contributed by atoms with Gasteiger partial charge in [-0.2, -0.15) is 13.2 Å². The van der Waals surface area contributed by atoms with Crippen LogP contribution in [0.5, 0.6) is 5.75 Å². The lowest BCUT2D eigenvalue weighted by Gasteiger charge is -2.26. The third kappa shape index (κ3) is 3.42. The van der Waals surface area contributed by atoms with Crippen LogP contribution in [0.4, 0.5) is 22.0 Å². The van der Waals surface area contributed by atoms with E-state index in [1.165, 1.54) is 6.07 Å². The molecule has 0 amide bonds. The largest absolute Gasteiger partial charge is 0.493 e. The molecule has 2 nitrogen and oxygen atoms in total. The van der Waals surface area contributed by atoms with Crippen molar-refractivity contribution in [1.82, 2.24) is 0 Å². The molecule has 0 aliphatic heterocycles. The number of aliphatic hydroxyl groups excluding tert-OH is 1. The van der Waals surface area contributed by atoms with Crippen LogP contribution < -0.4 is 4.74 Å². The number of hydrogen-bond donors (Lipinski definition) is 1. The predicted molar refractivity (Wildman–Crippen MR) is 74.8 cm³/mol. The van der Waals surface area contributed by atoms with Gasteiger partial charge in [-0.25, -0.2) is 8.78 Å². The molecule has 1 fully saturated rings. The van der Waals surface area contributed by atoms with Gasteiger partial charge in [0.25, 0.3) is 5.92 Å². The van der Waals surface area contributed by atoms with Crippen molar-refractivity contribution in [1.29, 1.82) is 0 Å². The van der Waals surface area contributed by atoms with Crippen molar-refractivity contribution in [2.45, 2.75) is 48.1 Å². The first-order chi connectivity index (χ1) is 10.7. The van der Waals surface area contributed by atoms with E-state index in [9.17, 15) is 27.1 Å². The summed E-state index contributed by atoms with van der Waals surface area (Å²) in [6.45, 7) is 0.361. The van der Waals surface area contributed by atoms with Crippen molar-refractivity contribution < 1.29 is 31.8 Å². The Hall–Kier alpha value is -1.02. The SMILES string of the molecule is OC1c2c(SC(F)(F)F)ccc(OCC3CCC3)c2CC1(F)F. The standard InChI is InChI=1S/C15H15F5O2S/c16-14(17)6-9-10(22-7-8-2-1-3-8)4-5-11(12(9)13(14)21)23-15(18,19)20/h4-5,8,13,21H,1-3,6-7H2. The minimum atomic E-state index is -4.61. The highest BCUT2D eigenvalue weighted by Gasteiger charge is 2.50. The summed E-state index contributed by atoms with van der Waals surface area (Å²) in [6, 6.07) is 2.39. The summed E-state index contributed by atoms with van der Waals surface area (Å²) in [5, 5.41) is 9.76. The molecule has 23 heavy (non-hydrogen) atoms. The molecule has 1 saturated carbocycles. The first-order valence-electron chi connectivity index (χ1n) is 7.27. The maximum absolute atomic E-state index is 13.8. The Balaban J connectivity index is 1.91. The fourth-order valence-electron chi connectivity index (χ4n) is 2.86. The fourth-order valence-corrected chi connectivity index (χ4v) is 3.60. The van der Waals surface area contributed by atoms with E-state index in [0.717, 1.165) is 25.3 Å². The van der Waals surface area contributed by atoms with Crippen molar-refractivity contribution in [2.24, 2.45) is 5.92 Å². The Morgan fingerprint density at radius 3 is 2.52 bits per heavy atom. The number of benzene rings is 1. The molecule has 0 radical (unpaired) electrons.